The number of rotatable bonds is 5. The molecule has 0 fully saturated rings. The molecule has 3 heteroatoms. The third-order valence-corrected chi connectivity index (χ3v) is 3.00. The second-order valence-corrected chi connectivity index (χ2v) is 4.38. The van der Waals surface area contributed by atoms with Crippen LogP contribution in [0.15, 0.2) is 42.7 Å². The average Bonchev–Trinajstić information content (AvgIpc) is 2.42. The lowest BCUT2D eigenvalue weighted by Gasteiger charge is -2.07. The van der Waals surface area contributed by atoms with Crippen molar-refractivity contribution in [3.63, 3.8) is 0 Å². The quantitative estimate of drug-likeness (QED) is 0.844. The number of benzene rings is 1. The van der Waals surface area contributed by atoms with Gasteiger partial charge in [0.2, 0.25) is 0 Å². The molecule has 1 heterocycles. The SMILES string of the molecule is Cc1ccncc1CNCc1ccc(CO)cc1. The van der Waals surface area contributed by atoms with Crippen LogP contribution in [0.25, 0.3) is 0 Å². The van der Waals surface area contributed by atoms with Crippen LogP contribution in [0.2, 0.25) is 0 Å². The molecule has 94 valence electrons. The Balaban J connectivity index is 1.86. The van der Waals surface area contributed by atoms with Gasteiger partial charge in [-0.3, -0.25) is 4.98 Å². The minimum Gasteiger partial charge on any atom is -0.392 e. The zero-order valence-corrected chi connectivity index (χ0v) is 10.6. The van der Waals surface area contributed by atoms with Crippen molar-refractivity contribution in [1.82, 2.24) is 10.3 Å². The number of aliphatic hydroxyl groups is 1. The van der Waals surface area contributed by atoms with Gasteiger partial charge in [0.05, 0.1) is 6.61 Å². The van der Waals surface area contributed by atoms with Crippen LogP contribution >= 0.6 is 0 Å². The van der Waals surface area contributed by atoms with E-state index < -0.39 is 0 Å². The van der Waals surface area contributed by atoms with E-state index in [1.165, 1.54) is 16.7 Å². The summed E-state index contributed by atoms with van der Waals surface area (Å²) in [7, 11) is 0. The summed E-state index contributed by atoms with van der Waals surface area (Å²) in [5.74, 6) is 0. The zero-order valence-electron chi connectivity index (χ0n) is 10.6. The first-order chi connectivity index (χ1) is 8.79. The van der Waals surface area contributed by atoms with Crippen LogP contribution in [-0.2, 0) is 19.7 Å². The number of nitrogens with zero attached hydrogens (tertiary/aromatic N) is 1. The molecule has 18 heavy (non-hydrogen) atoms. The first-order valence-corrected chi connectivity index (χ1v) is 6.08. The second-order valence-electron chi connectivity index (χ2n) is 4.38. The molecule has 0 saturated carbocycles. The number of hydrogen-bond acceptors (Lipinski definition) is 3. The normalized spacial score (nSPS) is 10.6. The van der Waals surface area contributed by atoms with Crippen molar-refractivity contribution in [2.24, 2.45) is 0 Å². The highest BCUT2D eigenvalue weighted by Gasteiger charge is 1.98. The van der Waals surface area contributed by atoms with Crippen LogP contribution < -0.4 is 5.32 Å². The van der Waals surface area contributed by atoms with Crippen LogP contribution in [0.5, 0.6) is 0 Å². The Morgan fingerprint density at radius 2 is 1.78 bits per heavy atom. The first-order valence-electron chi connectivity index (χ1n) is 6.08. The second kappa shape index (κ2) is 6.28. The van der Waals surface area contributed by atoms with Gasteiger partial charge in [0, 0.05) is 25.5 Å². The molecule has 0 saturated heterocycles. The number of nitrogens with one attached hydrogen (secondary N) is 1. The van der Waals surface area contributed by atoms with Crippen molar-refractivity contribution >= 4 is 0 Å². The lowest BCUT2D eigenvalue weighted by Crippen LogP contribution is -2.13. The fraction of sp³-hybridized carbons (Fsp3) is 0.267. The van der Waals surface area contributed by atoms with Crippen LogP contribution in [0.1, 0.15) is 22.3 Å². The van der Waals surface area contributed by atoms with E-state index in [9.17, 15) is 0 Å². The Labute approximate surface area is 108 Å². The molecule has 3 nitrogen and oxygen atoms in total. The molecule has 0 bridgehead atoms. The lowest BCUT2D eigenvalue weighted by molar-refractivity contribution is 0.282. The third kappa shape index (κ3) is 3.39. The summed E-state index contributed by atoms with van der Waals surface area (Å²) < 4.78 is 0. The number of aromatic nitrogens is 1. The van der Waals surface area contributed by atoms with E-state index in [0.717, 1.165) is 18.7 Å². The van der Waals surface area contributed by atoms with Gasteiger partial charge in [-0.05, 0) is 35.2 Å². The fourth-order valence-corrected chi connectivity index (χ4v) is 1.79. The van der Waals surface area contributed by atoms with Gasteiger partial charge in [-0.15, -0.1) is 0 Å². The molecule has 0 spiro atoms. The van der Waals surface area contributed by atoms with Gasteiger partial charge < -0.3 is 10.4 Å². The molecule has 0 atom stereocenters. The Morgan fingerprint density at radius 1 is 1.06 bits per heavy atom. The van der Waals surface area contributed by atoms with E-state index in [4.69, 9.17) is 5.11 Å². The lowest BCUT2D eigenvalue weighted by atomic mass is 10.1. The van der Waals surface area contributed by atoms with E-state index in [2.05, 4.69) is 17.2 Å². The summed E-state index contributed by atoms with van der Waals surface area (Å²) in [5.41, 5.74) is 4.65. The topological polar surface area (TPSA) is 45.2 Å². The van der Waals surface area contributed by atoms with Crippen molar-refractivity contribution in [3.05, 3.63) is 65.0 Å². The van der Waals surface area contributed by atoms with Crippen LogP contribution in [0, 0.1) is 6.92 Å². The largest absolute Gasteiger partial charge is 0.392 e. The minimum atomic E-state index is 0.0998. The molecule has 0 aliphatic heterocycles. The summed E-state index contributed by atoms with van der Waals surface area (Å²) in [6.45, 7) is 3.83. The van der Waals surface area contributed by atoms with Gasteiger partial charge in [0.25, 0.3) is 0 Å². The standard InChI is InChI=1S/C15H18N2O/c1-12-6-7-16-9-15(12)10-17-8-13-2-4-14(11-18)5-3-13/h2-7,9,17-18H,8,10-11H2,1H3. The number of hydrogen-bond donors (Lipinski definition) is 2. The molecule has 2 rings (SSSR count). The van der Waals surface area contributed by atoms with Crippen LogP contribution in [0.3, 0.4) is 0 Å². The van der Waals surface area contributed by atoms with Crippen molar-refractivity contribution in [3.8, 4) is 0 Å². The highest BCUT2D eigenvalue weighted by atomic mass is 16.3. The molecule has 2 aromatic rings. The summed E-state index contributed by atoms with van der Waals surface area (Å²) in [4.78, 5) is 4.13. The van der Waals surface area contributed by atoms with Gasteiger partial charge in [0.15, 0.2) is 0 Å². The number of aliphatic hydroxyl groups excluding tert-OH is 1. The van der Waals surface area contributed by atoms with Crippen molar-refractivity contribution < 1.29 is 5.11 Å². The predicted molar refractivity (Wildman–Crippen MR) is 71.9 cm³/mol. The maximum absolute atomic E-state index is 8.96. The molecule has 1 aromatic heterocycles. The van der Waals surface area contributed by atoms with Gasteiger partial charge >= 0.3 is 0 Å². The predicted octanol–water partition coefficient (Wildman–Crippen LogP) is 2.17. The molecule has 0 aliphatic rings. The van der Waals surface area contributed by atoms with E-state index in [1.807, 2.05) is 42.7 Å². The van der Waals surface area contributed by atoms with E-state index in [1.54, 1.807) is 0 Å². The van der Waals surface area contributed by atoms with Gasteiger partial charge in [-0.25, -0.2) is 0 Å². The maximum atomic E-state index is 8.96. The van der Waals surface area contributed by atoms with Gasteiger partial charge in [0.1, 0.15) is 0 Å². The van der Waals surface area contributed by atoms with Crippen LogP contribution in [0.4, 0.5) is 0 Å². The van der Waals surface area contributed by atoms with Crippen molar-refractivity contribution in [1.29, 1.82) is 0 Å². The van der Waals surface area contributed by atoms with E-state index in [-0.39, 0.29) is 6.61 Å². The highest BCUT2D eigenvalue weighted by Crippen LogP contribution is 2.06. The Hall–Kier alpha value is -1.71. The summed E-state index contributed by atoms with van der Waals surface area (Å²) in [5, 5.41) is 12.4. The molecule has 0 unspecified atom stereocenters. The van der Waals surface area contributed by atoms with Crippen molar-refractivity contribution in [2.45, 2.75) is 26.6 Å². The summed E-state index contributed by atoms with van der Waals surface area (Å²) >= 11 is 0. The van der Waals surface area contributed by atoms with E-state index in [0.29, 0.717) is 0 Å². The van der Waals surface area contributed by atoms with Crippen molar-refractivity contribution in [2.75, 3.05) is 0 Å². The monoisotopic (exact) mass is 242 g/mol. The number of aryl methyl sites for hydroxylation is 1. The Bertz CT molecular complexity index is 494. The molecule has 0 radical (unpaired) electrons. The molecule has 0 aliphatic carbocycles. The highest BCUT2D eigenvalue weighted by molar-refractivity contribution is 5.23. The molecule has 0 amide bonds. The molecule has 1 aromatic carbocycles. The Kier molecular flexibility index (Phi) is 4.45. The first kappa shape index (κ1) is 12.7. The zero-order chi connectivity index (χ0) is 12.8. The van der Waals surface area contributed by atoms with Gasteiger partial charge in [-0.1, -0.05) is 24.3 Å². The maximum Gasteiger partial charge on any atom is 0.0681 e. The van der Waals surface area contributed by atoms with Gasteiger partial charge in [-0.2, -0.15) is 0 Å². The smallest absolute Gasteiger partial charge is 0.0681 e. The fourth-order valence-electron chi connectivity index (χ4n) is 1.79. The van der Waals surface area contributed by atoms with E-state index >= 15 is 0 Å². The Morgan fingerprint density at radius 3 is 2.44 bits per heavy atom. The molecular formula is C15H18N2O. The average molecular weight is 242 g/mol. The summed E-state index contributed by atoms with van der Waals surface area (Å²) in [6.07, 6.45) is 3.71. The molecule has 2 N–H and O–H groups in total. The third-order valence-electron chi connectivity index (χ3n) is 3.00. The summed E-state index contributed by atoms with van der Waals surface area (Å²) in [6, 6.07) is 10.00. The minimum absolute atomic E-state index is 0.0998. The number of pyridine rings is 1. The van der Waals surface area contributed by atoms with Crippen LogP contribution in [-0.4, -0.2) is 10.1 Å². The molecular weight excluding hydrogens is 224 g/mol.